The van der Waals surface area contributed by atoms with Crippen LogP contribution in [0, 0.1) is 23.2 Å². The van der Waals surface area contributed by atoms with Crippen LogP contribution in [0.4, 0.5) is 10.1 Å². The molecule has 4 heteroatoms. The van der Waals surface area contributed by atoms with Crippen LogP contribution in [0.15, 0.2) is 36.4 Å². The largest absolute Gasteiger partial charge is 0.322 e. The Balaban J connectivity index is 2.30. The number of halogens is 2. The summed E-state index contributed by atoms with van der Waals surface area (Å²) in [7, 11) is 0. The number of rotatable bonds is 2. The monoisotopic (exact) mass is 369 g/mol. The van der Waals surface area contributed by atoms with Crippen LogP contribution in [0.5, 0.6) is 0 Å². The molecular formula is C15H13FINO. The summed E-state index contributed by atoms with van der Waals surface area (Å²) in [5, 5.41) is 2.75. The van der Waals surface area contributed by atoms with Gasteiger partial charge < -0.3 is 5.32 Å². The summed E-state index contributed by atoms with van der Waals surface area (Å²) >= 11 is 2.24. The summed E-state index contributed by atoms with van der Waals surface area (Å²) in [6.45, 7) is 3.89. The minimum atomic E-state index is -0.514. The lowest BCUT2D eigenvalue weighted by molar-refractivity contribution is 0.102. The van der Waals surface area contributed by atoms with Gasteiger partial charge in [0.25, 0.3) is 5.91 Å². The number of carbonyl (C=O) groups is 1. The molecule has 0 atom stereocenters. The first kappa shape index (κ1) is 14.0. The number of anilines is 1. The number of amides is 1. The predicted molar refractivity (Wildman–Crippen MR) is 83.0 cm³/mol. The minimum Gasteiger partial charge on any atom is -0.322 e. The highest BCUT2D eigenvalue weighted by molar-refractivity contribution is 14.1. The highest BCUT2D eigenvalue weighted by atomic mass is 127. The van der Waals surface area contributed by atoms with E-state index in [1.807, 2.05) is 26.0 Å². The van der Waals surface area contributed by atoms with E-state index in [0.717, 1.165) is 14.7 Å². The fourth-order valence-electron chi connectivity index (χ4n) is 1.75. The van der Waals surface area contributed by atoms with E-state index < -0.39 is 11.7 Å². The van der Waals surface area contributed by atoms with E-state index >= 15 is 0 Å². The van der Waals surface area contributed by atoms with Gasteiger partial charge in [0.2, 0.25) is 0 Å². The van der Waals surface area contributed by atoms with Crippen molar-refractivity contribution in [3.8, 4) is 0 Å². The second-order valence-corrected chi connectivity index (χ2v) is 5.51. The summed E-state index contributed by atoms with van der Waals surface area (Å²) in [5.41, 5.74) is 2.80. The average Bonchev–Trinajstić information content (AvgIpc) is 2.36. The van der Waals surface area contributed by atoms with Crippen molar-refractivity contribution in [2.75, 3.05) is 5.32 Å². The van der Waals surface area contributed by atoms with Crippen molar-refractivity contribution in [2.45, 2.75) is 13.8 Å². The molecule has 0 radical (unpaired) electrons. The second-order valence-electron chi connectivity index (χ2n) is 4.35. The van der Waals surface area contributed by atoms with Crippen LogP contribution >= 0.6 is 22.6 Å². The molecule has 0 aliphatic carbocycles. The summed E-state index contributed by atoms with van der Waals surface area (Å²) in [6.07, 6.45) is 0. The molecule has 98 valence electrons. The third kappa shape index (κ3) is 3.12. The van der Waals surface area contributed by atoms with Crippen LogP contribution in [-0.2, 0) is 0 Å². The van der Waals surface area contributed by atoms with Gasteiger partial charge in [-0.2, -0.15) is 0 Å². The van der Waals surface area contributed by atoms with E-state index in [2.05, 4.69) is 27.9 Å². The first-order chi connectivity index (χ1) is 8.99. The van der Waals surface area contributed by atoms with Gasteiger partial charge in [0.05, 0.1) is 5.56 Å². The van der Waals surface area contributed by atoms with Gasteiger partial charge in [-0.3, -0.25) is 4.79 Å². The molecule has 0 unspecified atom stereocenters. The maximum Gasteiger partial charge on any atom is 0.258 e. The maximum absolute atomic E-state index is 13.5. The van der Waals surface area contributed by atoms with Crippen molar-refractivity contribution < 1.29 is 9.18 Å². The summed E-state index contributed by atoms with van der Waals surface area (Å²) < 4.78 is 14.7. The molecule has 0 heterocycles. The Hall–Kier alpha value is -1.43. The molecule has 2 aromatic rings. The molecule has 0 aromatic heterocycles. The number of carbonyl (C=O) groups excluding carboxylic acids is 1. The summed E-state index contributed by atoms with van der Waals surface area (Å²) in [6, 6.07) is 9.85. The van der Waals surface area contributed by atoms with E-state index in [1.165, 1.54) is 12.1 Å². The lowest BCUT2D eigenvalue weighted by atomic mass is 10.1. The number of aryl methyl sites for hydroxylation is 2. The predicted octanol–water partition coefficient (Wildman–Crippen LogP) is 4.30. The standard InChI is InChI=1S/C15H13FINO/c1-9-8-14(10(2)7-13(9)17)18-15(19)11-5-3-4-6-12(11)16/h3-8H,1-2H3,(H,18,19). The first-order valence-corrected chi connectivity index (χ1v) is 6.89. The van der Waals surface area contributed by atoms with Crippen molar-refractivity contribution in [3.05, 3.63) is 62.5 Å². The normalized spacial score (nSPS) is 10.3. The van der Waals surface area contributed by atoms with Gasteiger partial charge in [0, 0.05) is 9.26 Å². The quantitative estimate of drug-likeness (QED) is 0.786. The number of hydrogen-bond acceptors (Lipinski definition) is 1. The molecule has 2 nitrogen and oxygen atoms in total. The van der Waals surface area contributed by atoms with Crippen molar-refractivity contribution in [2.24, 2.45) is 0 Å². The van der Waals surface area contributed by atoms with Gasteiger partial charge in [-0.15, -0.1) is 0 Å². The van der Waals surface area contributed by atoms with Crippen LogP contribution in [-0.4, -0.2) is 5.91 Å². The molecular weight excluding hydrogens is 356 g/mol. The Labute approximate surface area is 125 Å². The van der Waals surface area contributed by atoms with Crippen LogP contribution in [0.25, 0.3) is 0 Å². The van der Waals surface area contributed by atoms with Crippen molar-refractivity contribution in [1.82, 2.24) is 0 Å². The topological polar surface area (TPSA) is 29.1 Å². The van der Waals surface area contributed by atoms with Gasteiger partial charge in [-0.25, -0.2) is 4.39 Å². The van der Waals surface area contributed by atoms with Crippen LogP contribution in [0.1, 0.15) is 21.5 Å². The Morgan fingerprint density at radius 1 is 1.16 bits per heavy atom. The minimum absolute atomic E-state index is 0.0538. The van der Waals surface area contributed by atoms with Crippen molar-refractivity contribution >= 4 is 34.2 Å². The van der Waals surface area contributed by atoms with Crippen LogP contribution in [0.3, 0.4) is 0 Å². The van der Waals surface area contributed by atoms with E-state index in [0.29, 0.717) is 5.69 Å². The number of benzene rings is 2. The molecule has 1 amide bonds. The Bertz CT molecular complexity index is 640. The highest BCUT2D eigenvalue weighted by Gasteiger charge is 2.12. The molecule has 1 N–H and O–H groups in total. The van der Waals surface area contributed by atoms with E-state index in [4.69, 9.17) is 0 Å². The smallest absolute Gasteiger partial charge is 0.258 e. The van der Waals surface area contributed by atoms with Crippen molar-refractivity contribution in [3.63, 3.8) is 0 Å². The second kappa shape index (κ2) is 5.69. The summed E-state index contributed by atoms with van der Waals surface area (Å²) in [5.74, 6) is -0.943. The molecule has 19 heavy (non-hydrogen) atoms. The van der Waals surface area contributed by atoms with E-state index in [9.17, 15) is 9.18 Å². The zero-order chi connectivity index (χ0) is 14.0. The fourth-order valence-corrected chi connectivity index (χ4v) is 2.37. The van der Waals surface area contributed by atoms with Gasteiger partial charge in [-0.1, -0.05) is 12.1 Å². The Morgan fingerprint density at radius 3 is 2.53 bits per heavy atom. The molecule has 0 saturated carbocycles. The Kier molecular flexibility index (Phi) is 4.19. The molecule has 0 bridgehead atoms. The zero-order valence-electron chi connectivity index (χ0n) is 10.6. The van der Waals surface area contributed by atoms with E-state index in [1.54, 1.807) is 12.1 Å². The third-order valence-corrected chi connectivity index (χ3v) is 4.03. The lowest BCUT2D eigenvalue weighted by Gasteiger charge is -2.11. The van der Waals surface area contributed by atoms with Crippen LogP contribution in [0.2, 0.25) is 0 Å². The van der Waals surface area contributed by atoms with Gasteiger partial charge >= 0.3 is 0 Å². The van der Waals surface area contributed by atoms with Crippen molar-refractivity contribution in [1.29, 1.82) is 0 Å². The fraction of sp³-hybridized carbons (Fsp3) is 0.133. The Morgan fingerprint density at radius 2 is 1.84 bits per heavy atom. The molecule has 0 fully saturated rings. The molecule has 2 rings (SSSR count). The number of hydrogen-bond donors (Lipinski definition) is 1. The van der Waals surface area contributed by atoms with E-state index in [-0.39, 0.29) is 5.56 Å². The average molecular weight is 369 g/mol. The van der Waals surface area contributed by atoms with Gasteiger partial charge in [0.15, 0.2) is 0 Å². The third-order valence-electron chi connectivity index (χ3n) is 2.87. The maximum atomic E-state index is 13.5. The molecule has 2 aromatic carbocycles. The first-order valence-electron chi connectivity index (χ1n) is 5.81. The van der Waals surface area contributed by atoms with Gasteiger partial charge in [0.1, 0.15) is 5.82 Å². The highest BCUT2D eigenvalue weighted by Crippen LogP contribution is 2.22. The molecule has 0 aliphatic heterocycles. The molecule has 0 aliphatic rings. The number of nitrogens with one attached hydrogen (secondary N) is 1. The molecule has 0 spiro atoms. The summed E-state index contributed by atoms with van der Waals surface area (Å²) in [4.78, 5) is 12.0. The van der Waals surface area contributed by atoms with Gasteiger partial charge in [-0.05, 0) is 71.8 Å². The van der Waals surface area contributed by atoms with Crippen LogP contribution < -0.4 is 5.32 Å². The lowest BCUT2D eigenvalue weighted by Crippen LogP contribution is -2.14. The zero-order valence-corrected chi connectivity index (χ0v) is 12.8. The SMILES string of the molecule is Cc1cc(NC(=O)c2ccccc2F)c(C)cc1I. The molecule has 0 saturated heterocycles.